The maximum atomic E-state index is 6.01. The standard InChI is InChI=1S/C18H18Br2Cl2O2/c19-9-17(23-11-13-1-5-15(21)6-2-13)18(10-20)24-12-14-3-7-16(22)8-4-14/h1-8,17-18H,9-12H2/t17-,18-/m0/s1. The molecule has 0 heterocycles. The maximum Gasteiger partial charge on any atom is 0.0946 e. The average Bonchev–Trinajstić information content (AvgIpc) is 2.60. The molecule has 2 aromatic rings. The number of benzene rings is 2. The predicted molar refractivity (Wildman–Crippen MR) is 108 cm³/mol. The normalized spacial score (nSPS) is 13.7. The fourth-order valence-electron chi connectivity index (χ4n) is 2.07. The highest BCUT2D eigenvalue weighted by molar-refractivity contribution is 9.09. The van der Waals surface area contributed by atoms with Gasteiger partial charge in [0.05, 0.1) is 25.4 Å². The molecule has 0 N–H and O–H groups in total. The van der Waals surface area contributed by atoms with Gasteiger partial charge in [0.25, 0.3) is 0 Å². The van der Waals surface area contributed by atoms with E-state index >= 15 is 0 Å². The Morgan fingerprint density at radius 2 is 1.00 bits per heavy atom. The van der Waals surface area contributed by atoms with Gasteiger partial charge in [-0.1, -0.05) is 79.3 Å². The molecule has 6 heteroatoms. The van der Waals surface area contributed by atoms with E-state index in [9.17, 15) is 0 Å². The van der Waals surface area contributed by atoms with Crippen LogP contribution < -0.4 is 0 Å². The number of alkyl halides is 2. The van der Waals surface area contributed by atoms with E-state index in [2.05, 4.69) is 31.9 Å². The summed E-state index contributed by atoms with van der Waals surface area (Å²) < 4.78 is 12.0. The zero-order valence-electron chi connectivity index (χ0n) is 12.9. The minimum absolute atomic E-state index is 0.0626. The van der Waals surface area contributed by atoms with Crippen LogP contribution in [0.25, 0.3) is 0 Å². The SMILES string of the molecule is Clc1ccc(CO[C@@H](CBr)[C@H](CBr)OCc2ccc(Cl)cc2)cc1. The lowest BCUT2D eigenvalue weighted by Gasteiger charge is -2.25. The van der Waals surface area contributed by atoms with Crippen molar-refractivity contribution < 1.29 is 9.47 Å². The van der Waals surface area contributed by atoms with Crippen molar-refractivity contribution in [1.29, 1.82) is 0 Å². The number of hydrogen-bond acceptors (Lipinski definition) is 2. The monoisotopic (exact) mass is 494 g/mol. The van der Waals surface area contributed by atoms with Gasteiger partial charge in [0, 0.05) is 20.7 Å². The van der Waals surface area contributed by atoms with E-state index in [0.29, 0.717) is 23.9 Å². The molecule has 0 aliphatic carbocycles. The van der Waals surface area contributed by atoms with Gasteiger partial charge < -0.3 is 9.47 Å². The molecule has 130 valence electrons. The molecule has 24 heavy (non-hydrogen) atoms. The first kappa shape index (κ1) is 20.2. The van der Waals surface area contributed by atoms with Gasteiger partial charge in [-0.3, -0.25) is 0 Å². The largest absolute Gasteiger partial charge is 0.370 e. The number of rotatable bonds is 9. The third-order valence-electron chi connectivity index (χ3n) is 3.47. The first-order chi connectivity index (χ1) is 11.6. The van der Waals surface area contributed by atoms with Crippen molar-refractivity contribution in [2.45, 2.75) is 25.4 Å². The zero-order valence-corrected chi connectivity index (χ0v) is 17.6. The lowest BCUT2D eigenvalue weighted by atomic mass is 10.2. The van der Waals surface area contributed by atoms with Crippen LogP contribution in [-0.4, -0.2) is 22.9 Å². The lowest BCUT2D eigenvalue weighted by Crippen LogP contribution is -2.34. The van der Waals surface area contributed by atoms with Crippen LogP contribution in [-0.2, 0) is 22.7 Å². The molecule has 0 radical (unpaired) electrons. The summed E-state index contributed by atoms with van der Waals surface area (Å²) in [6.07, 6.45) is -0.125. The number of hydrogen-bond donors (Lipinski definition) is 0. The molecule has 0 spiro atoms. The Bertz CT molecular complexity index is 550. The Morgan fingerprint density at radius 1 is 0.667 bits per heavy atom. The number of ether oxygens (including phenoxy) is 2. The molecular formula is C18H18Br2Cl2O2. The molecule has 2 atom stereocenters. The van der Waals surface area contributed by atoms with Gasteiger partial charge in [0.2, 0.25) is 0 Å². The van der Waals surface area contributed by atoms with E-state index in [-0.39, 0.29) is 12.2 Å². The van der Waals surface area contributed by atoms with Gasteiger partial charge in [-0.15, -0.1) is 0 Å². The first-order valence-electron chi connectivity index (χ1n) is 7.46. The molecule has 0 fully saturated rings. The van der Waals surface area contributed by atoms with Gasteiger partial charge in [-0.2, -0.15) is 0 Å². The molecule has 2 aromatic carbocycles. The molecule has 0 aliphatic heterocycles. The van der Waals surface area contributed by atoms with Crippen molar-refractivity contribution in [3.05, 3.63) is 69.7 Å². The summed E-state index contributed by atoms with van der Waals surface area (Å²) in [7, 11) is 0. The third-order valence-corrected chi connectivity index (χ3v) is 5.25. The quantitative estimate of drug-likeness (QED) is 0.382. The second kappa shape index (κ2) is 10.8. The fourth-order valence-corrected chi connectivity index (χ4v) is 3.53. The third kappa shape index (κ3) is 6.66. The molecule has 2 rings (SSSR count). The topological polar surface area (TPSA) is 18.5 Å². The van der Waals surface area contributed by atoms with Gasteiger partial charge in [0.15, 0.2) is 0 Å². The Hall–Kier alpha value is -0.100. The molecule has 0 saturated heterocycles. The molecule has 0 aliphatic rings. The average molecular weight is 497 g/mol. The molecule has 0 aromatic heterocycles. The highest BCUT2D eigenvalue weighted by atomic mass is 79.9. The van der Waals surface area contributed by atoms with Gasteiger partial charge >= 0.3 is 0 Å². The molecular weight excluding hydrogens is 479 g/mol. The highest BCUT2D eigenvalue weighted by Crippen LogP contribution is 2.17. The first-order valence-corrected chi connectivity index (χ1v) is 10.5. The van der Waals surface area contributed by atoms with Gasteiger partial charge in [-0.25, -0.2) is 0 Å². The van der Waals surface area contributed by atoms with Crippen LogP contribution in [0.2, 0.25) is 10.0 Å². The summed E-state index contributed by atoms with van der Waals surface area (Å²) in [6.45, 7) is 1.03. The van der Waals surface area contributed by atoms with Crippen molar-refractivity contribution in [2.75, 3.05) is 10.7 Å². The second-order valence-corrected chi connectivity index (χ2v) is 7.43. The van der Waals surface area contributed by atoms with E-state index in [1.807, 2.05) is 48.5 Å². The van der Waals surface area contributed by atoms with Crippen molar-refractivity contribution in [1.82, 2.24) is 0 Å². The Labute approximate surface area is 169 Å². The van der Waals surface area contributed by atoms with Gasteiger partial charge in [0.1, 0.15) is 0 Å². The Morgan fingerprint density at radius 3 is 1.29 bits per heavy atom. The fraction of sp³-hybridized carbons (Fsp3) is 0.333. The van der Waals surface area contributed by atoms with E-state index < -0.39 is 0 Å². The molecule has 2 nitrogen and oxygen atoms in total. The van der Waals surface area contributed by atoms with E-state index in [0.717, 1.165) is 21.2 Å². The van der Waals surface area contributed by atoms with Crippen LogP contribution in [0.4, 0.5) is 0 Å². The van der Waals surface area contributed by atoms with Gasteiger partial charge in [-0.05, 0) is 35.4 Å². The zero-order chi connectivity index (χ0) is 17.4. The summed E-state index contributed by atoms with van der Waals surface area (Å²) in [5.41, 5.74) is 2.16. The minimum Gasteiger partial charge on any atom is -0.370 e. The Kier molecular flexibility index (Phi) is 9.09. The second-order valence-electron chi connectivity index (χ2n) is 5.26. The van der Waals surface area contributed by atoms with Crippen LogP contribution >= 0.6 is 55.1 Å². The maximum absolute atomic E-state index is 6.01. The van der Waals surface area contributed by atoms with Crippen molar-refractivity contribution >= 4 is 55.1 Å². The van der Waals surface area contributed by atoms with E-state index in [1.54, 1.807) is 0 Å². The van der Waals surface area contributed by atoms with E-state index in [1.165, 1.54) is 0 Å². The van der Waals surface area contributed by atoms with Crippen molar-refractivity contribution in [2.24, 2.45) is 0 Å². The summed E-state index contributed by atoms with van der Waals surface area (Å²) in [5.74, 6) is 0. The summed E-state index contributed by atoms with van der Waals surface area (Å²) in [6, 6.07) is 15.3. The van der Waals surface area contributed by atoms with E-state index in [4.69, 9.17) is 32.7 Å². The van der Waals surface area contributed by atoms with Crippen LogP contribution in [0, 0.1) is 0 Å². The van der Waals surface area contributed by atoms with Crippen LogP contribution in [0.3, 0.4) is 0 Å². The summed E-state index contributed by atoms with van der Waals surface area (Å²) in [5, 5.41) is 2.83. The summed E-state index contributed by atoms with van der Waals surface area (Å²) >= 11 is 18.8. The molecule has 0 bridgehead atoms. The smallest absolute Gasteiger partial charge is 0.0946 e. The Balaban J connectivity index is 1.88. The minimum atomic E-state index is -0.0626. The van der Waals surface area contributed by atoms with Crippen molar-refractivity contribution in [3.63, 3.8) is 0 Å². The number of halogens is 4. The summed E-state index contributed by atoms with van der Waals surface area (Å²) in [4.78, 5) is 0. The highest BCUT2D eigenvalue weighted by Gasteiger charge is 2.21. The predicted octanol–water partition coefficient (Wildman–Crippen LogP) is 6.25. The van der Waals surface area contributed by atoms with Crippen LogP contribution in [0.15, 0.2) is 48.5 Å². The molecule has 0 unspecified atom stereocenters. The van der Waals surface area contributed by atoms with Crippen LogP contribution in [0.5, 0.6) is 0 Å². The molecule has 0 amide bonds. The lowest BCUT2D eigenvalue weighted by molar-refractivity contribution is -0.0631. The van der Waals surface area contributed by atoms with Crippen molar-refractivity contribution in [3.8, 4) is 0 Å². The molecule has 0 saturated carbocycles. The van der Waals surface area contributed by atoms with Crippen LogP contribution in [0.1, 0.15) is 11.1 Å².